The molecule has 3 rings (SSSR count). The Hall–Kier alpha value is -12.0. The van der Waals surface area contributed by atoms with Gasteiger partial charge >= 0.3 is 23.9 Å². The van der Waals surface area contributed by atoms with Gasteiger partial charge in [-0.1, -0.05) is 84.4 Å². The monoisotopic (exact) mass is 1640 g/mol. The number of fused-ring (bicyclic) bond motifs is 1. The van der Waals surface area contributed by atoms with E-state index in [0.717, 1.165) is 53.7 Å². The van der Waals surface area contributed by atoms with Crippen molar-refractivity contribution < 1.29 is 126 Å². The average Bonchev–Trinajstić information content (AvgIpc) is 1.47. The number of carbonyl (C=O) groups excluding carboxylic acids is 17. The van der Waals surface area contributed by atoms with E-state index in [-0.39, 0.29) is 45.1 Å². The summed E-state index contributed by atoms with van der Waals surface area (Å²) in [4.78, 5) is 277. The Morgan fingerprint density at radius 2 is 1.22 bits per heavy atom. The van der Waals surface area contributed by atoms with Crippen molar-refractivity contribution >= 4 is 129 Å². The van der Waals surface area contributed by atoms with Crippen molar-refractivity contribution in [3.8, 4) is 0 Å². The summed E-state index contributed by atoms with van der Waals surface area (Å²) in [6, 6.07) is -15.8. The third kappa shape index (κ3) is 32.9. The van der Waals surface area contributed by atoms with Gasteiger partial charge in [0.15, 0.2) is 12.2 Å². The first-order valence-electron chi connectivity index (χ1n) is 37.6. The number of primary amides is 3. The van der Waals surface area contributed by atoms with Crippen LogP contribution < -0.4 is 86.7 Å². The second-order valence-corrected chi connectivity index (χ2v) is 28.2. The number of nitrogens with two attached hydrogens (primary N) is 4. The van der Waals surface area contributed by atoms with Gasteiger partial charge < -0.3 is 127 Å². The average molecular weight is 1640 g/mol. The lowest BCUT2D eigenvalue weighted by atomic mass is 9.98. The molecule has 16 amide bonds. The number of para-hydroxylation sites is 1. The number of aromatic amines is 1. The van der Waals surface area contributed by atoms with Crippen molar-refractivity contribution in [2.24, 2.45) is 34.8 Å². The van der Waals surface area contributed by atoms with Crippen LogP contribution in [0.2, 0.25) is 0 Å². The quantitative estimate of drug-likeness (QED) is 0.0221. The second-order valence-electron chi connectivity index (χ2n) is 28.2. The smallest absolute Gasteiger partial charge is 0.335 e. The molecular weight excluding hydrogens is 1530 g/mol. The van der Waals surface area contributed by atoms with E-state index >= 15 is 0 Å². The highest BCUT2D eigenvalue weighted by Crippen LogP contribution is 2.21. The number of hydrogen-bond acceptors (Lipinski definition) is 24. The molecule has 44 nitrogen and oxygen atoms in total. The van der Waals surface area contributed by atoms with Crippen LogP contribution in [0.4, 0.5) is 0 Å². The van der Waals surface area contributed by atoms with Gasteiger partial charge in [0.2, 0.25) is 94.5 Å². The van der Waals surface area contributed by atoms with Gasteiger partial charge in [0.25, 0.3) is 0 Å². The van der Waals surface area contributed by atoms with E-state index < -0.39 is 254 Å². The normalized spacial score (nSPS) is 22.1. The number of rotatable bonds is 37. The number of carboxylic acids is 3. The summed E-state index contributed by atoms with van der Waals surface area (Å²) in [5.41, 5.74) is 23.3. The fourth-order valence-electron chi connectivity index (χ4n) is 11.8. The predicted octanol–water partition coefficient (Wildman–Crippen LogP) is -6.82. The zero-order chi connectivity index (χ0) is 87.4. The molecule has 1 fully saturated rings. The molecule has 0 spiro atoms. The number of likely N-dealkylation sites (N-methyl/N-ethyl adjacent to an activating group) is 1. The van der Waals surface area contributed by atoms with Gasteiger partial charge in [-0.3, -0.25) is 86.3 Å². The van der Waals surface area contributed by atoms with Gasteiger partial charge in [-0.25, -0.2) is 9.59 Å². The Balaban J connectivity index is 2.26. The number of aromatic nitrogens is 1. The van der Waals surface area contributed by atoms with Crippen LogP contribution in [0.5, 0.6) is 0 Å². The number of aliphatic hydroxyl groups is 1. The maximum Gasteiger partial charge on any atom is 0.335 e. The highest BCUT2D eigenvalue weighted by atomic mass is 16.5. The van der Waals surface area contributed by atoms with Crippen LogP contribution in [0.3, 0.4) is 0 Å². The summed E-state index contributed by atoms with van der Waals surface area (Å²) in [6.07, 6.45) is -6.28. The molecule has 1 aromatic heterocycles. The van der Waals surface area contributed by atoms with Gasteiger partial charge in [0.1, 0.15) is 72.6 Å². The van der Waals surface area contributed by atoms with E-state index in [1.807, 2.05) is 10.6 Å². The first-order valence-corrected chi connectivity index (χ1v) is 37.6. The van der Waals surface area contributed by atoms with Crippen molar-refractivity contribution in [2.75, 3.05) is 33.8 Å². The molecule has 16 atom stereocenters. The predicted molar refractivity (Wildman–Crippen MR) is 405 cm³/mol. The van der Waals surface area contributed by atoms with E-state index in [9.17, 15) is 116 Å². The van der Waals surface area contributed by atoms with Gasteiger partial charge in [0.05, 0.1) is 32.4 Å². The number of amides is 16. The van der Waals surface area contributed by atoms with E-state index in [2.05, 4.69) is 72.0 Å². The van der Waals surface area contributed by atoms with Crippen LogP contribution in [0.15, 0.2) is 30.5 Å². The molecule has 44 heteroatoms. The molecule has 1 aliphatic heterocycles. The van der Waals surface area contributed by atoms with Crippen molar-refractivity contribution in [3.63, 3.8) is 0 Å². The number of H-pyrrole nitrogens is 1. The number of cyclic esters (lactones) is 1. The van der Waals surface area contributed by atoms with Gasteiger partial charge in [0, 0.05) is 50.5 Å². The van der Waals surface area contributed by atoms with Gasteiger partial charge in [-0.2, -0.15) is 0 Å². The Bertz CT molecular complexity index is 3860. The molecular formula is C72H110N18O26. The van der Waals surface area contributed by atoms with Crippen LogP contribution in [0.1, 0.15) is 150 Å². The molecule has 1 aromatic carbocycles. The van der Waals surface area contributed by atoms with Crippen LogP contribution in [-0.4, -0.2) is 267 Å². The van der Waals surface area contributed by atoms with E-state index in [1.165, 1.54) is 13.8 Å². The number of nitrogens with one attached hydrogen (secondary N) is 13. The Kier molecular flexibility index (Phi) is 41.5. The van der Waals surface area contributed by atoms with Crippen LogP contribution in [-0.2, 0) is 112 Å². The zero-order valence-corrected chi connectivity index (χ0v) is 65.8. The summed E-state index contributed by atoms with van der Waals surface area (Å²) in [6.45, 7) is 6.69. The molecule has 116 heavy (non-hydrogen) atoms. The fourth-order valence-corrected chi connectivity index (χ4v) is 11.8. The lowest BCUT2D eigenvalue weighted by Crippen LogP contribution is -2.64. The standard InChI is InChI=1S/C72H110N18O26/c1-9-34(3)19-13-11-12-14-23-49(93)80-43(27-38-31-77-40-21-16-15-20-39(38)40)64(105)85-45(29-48(75)92)67(108)88-56(58(100)60(76)101)69(110)87-55-37(6)116-72(114)54(35(4)10-2)86-63(104)42(24-25-52(96)97)83-65(106)44(28-47(74)91)81-50(94)32-78-68(109)57(59(115-8)71(112)113)89-62(103)41(22-17-18-26-73)82-66(107)46(30-53(98)99)84-61(102)36(5)79-51(95)33-90(7)70(55)111/h15-16,20-21,31,34-37,41-46,54-59,77,100H,9-14,17-19,22-30,32-33,73H2,1-8H3,(H2,74,91)(H2,75,92)(H2,76,101)(H,78,109)(H,79,95)(H,80,93)(H,81,94)(H,82,107)(H,83,106)(H,84,102)(H,85,105)(H,86,104)(H,87,110)(H,88,108)(H,89,103)(H,96,97)(H,98,99)(H,112,113). The minimum atomic E-state index is -2.80. The van der Waals surface area contributed by atoms with Crippen LogP contribution >= 0.6 is 0 Å². The van der Waals surface area contributed by atoms with Crippen LogP contribution in [0, 0.1) is 11.8 Å². The SMILES string of the molecule is CCC(C)CCCCCCC(=O)NC(Cc1c[nH]c2ccccc12)C(=O)NC(CC(N)=O)C(=O)NC(C(=O)NC1C(=O)N(C)CC(=O)NC(C)C(=O)NC(CC(=O)O)C(=O)NC(CCCCN)C(=O)NC(C(OC)C(=O)O)C(=O)NCC(=O)NC(CC(N)=O)C(=O)NC(CCC(=O)O)C(=O)NC(C(C)CC)C(=O)OC1C)C(O)C(N)=O. The third-order valence-electron chi connectivity index (χ3n) is 18.9. The van der Waals surface area contributed by atoms with Gasteiger partial charge in [-0.05, 0) is 76.0 Å². The number of aliphatic carboxylic acids is 3. The number of hydrogen-bond donors (Lipinski definition) is 21. The van der Waals surface area contributed by atoms with E-state index in [4.69, 9.17) is 32.4 Å². The van der Waals surface area contributed by atoms with E-state index in [1.54, 1.807) is 30.5 Å². The number of carbonyl (C=O) groups is 20. The number of benzene rings is 1. The number of unbranched alkanes of at least 4 members (excludes halogenated alkanes) is 4. The van der Waals surface area contributed by atoms with Gasteiger partial charge in [-0.15, -0.1) is 0 Å². The highest BCUT2D eigenvalue weighted by molar-refractivity contribution is 6.03. The number of nitrogens with zero attached hydrogens (tertiary/aromatic N) is 1. The zero-order valence-electron chi connectivity index (χ0n) is 65.8. The summed E-state index contributed by atoms with van der Waals surface area (Å²) >= 11 is 0. The number of carboxylic acid groups (broad SMARTS) is 3. The van der Waals surface area contributed by atoms with Crippen molar-refractivity contribution in [1.29, 1.82) is 0 Å². The lowest BCUT2D eigenvalue weighted by molar-refractivity contribution is -0.159. The summed E-state index contributed by atoms with van der Waals surface area (Å²) in [5, 5.41) is 68.1. The number of methoxy groups -OCH3 is 1. The molecule has 2 heterocycles. The Morgan fingerprint density at radius 3 is 1.80 bits per heavy atom. The summed E-state index contributed by atoms with van der Waals surface area (Å²) in [5.74, 6) is -28.8. The molecule has 0 aliphatic carbocycles. The lowest BCUT2D eigenvalue weighted by Gasteiger charge is -2.32. The number of aliphatic hydroxyl groups excluding tert-OH is 1. The first-order chi connectivity index (χ1) is 54.6. The minimum Gasteiger partial charge on any atom is -0.481 e. The van der Waals surface area contributed by atoms with Crippen molar-refractivity contribution in [1.82, 2.24) is 73.7 Å². The largest absolute Gasteiger partial charge is 0.481 e. The molecule has 2 aromatic rings. The van der Waals surface area contributed by atoms with Crippen LogP contribution in [0.25, 0.3) is 10.9 Å². The molecule has 0 bridgehead atoms. The Labute approximate surface area is 666 Å². The molecule has 25 N–H and O–H groups in total. The summed E-state index contributed by atoms with van der Waals surface area (Å²) < 4.78 is 10.7. The third-order valence-corrected chi connectivity index (χ3v) is 18.9. The molecule has 0 radical (unpaired) electrons. The molecule has 1 aliphatic rings. The summed E-state index contributed by atoms with van der Waals surface area (Å²) in [7, 11) is 1.70. The molecule has 644 valence electrons. The minimum absolute atomic E-state index is 0.00749. The molecule has 1 saturated heterocycles. The maximum absolute atomic E-state index is 15.0. The highest BCUT2D eigenvalue weighted by Gasteiger charge is 2.44. The Morgan fingerprint density at radius 1 is 0.629 bits per heavy atom. The number of esters is 1. The fraction of sp³-hybridized carbons (Fsp3) is 0.611. The first kappa shape index (κ1) is 98.2. The topological polar surface area (TPSA) is 708 Å². The maximum atomic E-state index is 15.0. The van der Waals surface area contributed by atoms with E-state index in [0.29, 0.717) is 40.1 Å². The number of ether oxygens (including phenoxy) is 2. The molecule has 16 unspecified atom stereocenters. The van der Waals surface area contributed by atoms with Crippen molar-refractivity contribution in [2.45, 2.75) is 235 Å². The van der Waals surface area contributed by atoms with Crippen molar-refractivity contribution in [3.05, 3.63) is 36.0 Å². The second kappa shape index (κ2) is 49.0. The molecule has 0 saturated carbocycles.